The second-order valence-electron chi connectivity index (χ2n) is 8.73. The molecule has 1 saturated heterocycles. The van der Waals surface area contributed by atoms with Gasteiger partial charge in [0.25, 0.3) is 5.91 Å². The van der Waals surface area contributed by atoms with Crippen molar-refractivity contribution in [2.75, 3.05) is 32.7 Å². The highest BCUT2D eigenvalue weighted by Crippen LogP contribution is 2.31. The van der Waals surface area contributed by atoms with Crippen molar-refractivity contribution in [3.05, 3.63) is 47.7 Å². The third-order valence-corrected chi connectivity index (χ3v) is 6.22. The number of hydrogen-bond donors (Lipinski definition) is 0. The molecule has 2 aromatic rings. The summed E-state index contributed by atoms with van der Waals surface area (Å²) in [5, 5.41) is 0. The molecule has 8 heteroatoms. The van der Waals surface area contributed by atoms with Crippen molar-refractivity contribution < 1.29 is 18.8 Å². The van der Waals surface area contributed by atoms with Crippen LogP contribution < -0.4 is 0 Å². The molecule has 3 heterocycles. The number of carbonyl (C=O) groups is 3. The summed E-state index contributed by atoms with van der Waals surface area (Å²) in [6, 6.07) is 7.57. The van der Waals surface area contributed by atoms with Crippen molar-refractivity contribution in [3.63, 3.8) is 0 Å². The van der Waals surface area contributed by atoms with E-state index in [0.717, 1.165) is 31.5 Å². The fourth-order valence-corrected chi connectivity index (χ4v) is 4.19. The summed E-state index contributed by atoms with van der Waals surface area (Å²) in [4.78, 5) is 42.3. The van der Waals surface area contributed by atoms with Crippen LogP contribution in [0.1, 0.15) is 55.1 Å². The Labute approximate surface area is 188 Å². The minimum atomic E-state index is -0.142. The van der Waals surface area contributed by atoms with Crippen LogP contribution in [0.4, 0.5) is 0 Å². The molecule has 0 spiro atoms. The van der Waals surface area contributed by atoms with Crippen molar-refractivity contribution in [3.8, 4) is 0 Å². The molecule has 2 fully saturated rings. The molecule has 172 valence electrons. The Morgan fingerprint density at radius 3 is 2.44 bits per heavy atom. The molecule has 0 N–H and O–H groups in total. The van der Waals surface area contributed by atoms with E-state index in [0.29, 0.717) is 50.8 Å². The molecule has 1 saturated carbocycles. The zero-order valence-corrected chi connectivity index (χ0v) is 19.0. The van der Waals surface area contributed by atoms with Gasteiger partial charge in [0.1, 0.15) is 5.76 Å². The third kappa shape index (κ3) is 5.06. The molecule has 2 aromatic heterocycles. The Kier molecular flexibility index (Phi) is 6.67. The lowest BCUT2D eigenvalue weighted by Crippen LogP contribution is -2.50. The Morgan fingerprint density at radius 1 is 1.06 bits per heavy atom. The Morgan fingerprint density at radius 2 is 1.78 bits per heavy atom. The first-order valence-corrected chi connectivity index (χ1v) is 11.5. The van der Waals surface area contributed by atoms with Gasteiger partial charge in [-0.05, 0) is 43.5 Å². The summed E-state index contributed by atoms with van der Waals surface area (Å²) < 4.78 is 7.95. The van der Waals surface area contributed by atoms with E-state index in [4.69, 9.17) is 4.42 Å². The molecule has 0 atom stereocenters. The first kappa shape index (κ1) is 22.2. The highest BCUT2D eigenvalue weighted by Gasteiger charge is 2.33. The number of amides is 3. The normalized spacial score (nSPS) is 16.3. The second-order valence-corrected chi connectivity index (χ2v) is 8.73. The fraction of sp³-hybridized carbons (Fsp3) is 0.542. The van der Waals surface area contributed by atoms with Crippen molar-refractivity contribution in [2.24, 2.45) is 5.92 Å². The minimum absolute atomic E-state index is 0.0382. The number of rotatable bonds is 8. The van der Waals surface area contributed by atoms with Crippen molar-refractivity contribution >= 4 is 17.7 Å². The third-order valence-electron chi connectivity index (χ3n) is 6.22. The molecule has 1 aliphatic heterocycles. The van der Waals surface area contributed by atoms with Crippen LogP contribution in [0.25, 0.3) is 0 Å². The molecule has 3 amide bonds. The van der Waals surface area contributed by atoms with Crippen LogP contribution in [0.5, 0.6) is 0 Å². The Balaban J connectivity index is 1.38. The van der Waals surface area contributed by atoms with Gasteiger partial charge in [0.05, 0.1) is 13.1 Å². The SMILES string of the molecule is CCCN(Cc1cccn1Cc1ccc(C(=O)N2CCN(C(C)=O)CC2)o1)C(=O)C1CC1. The fourth-order valence-electron chi connectivity index (χ4n) is 4.19. The maximum absolute atomic E-state index is 12.8. The monoisotopic (exact) mass is 440 g/mol. The summed E-state index contributed by atoms with van der Waals surface area (Å²) in [5.74, 6) is 1.38. The molecule has 0 bridgehead atoms. The van der Waals surface area contributed by atoms with Gasteiger partial charge in [0.15, 0.2) is 5.76 Å². The van der Waals surface area contributed by atoms with E-state index in [-0.39, 0.29) is 23.6 Å². The standard InChI is InChI=1S/C24H32N4O4/c1-3-10-28(23(30)19-6-7-19)16-20-5-4-11-27(20)17-21-8-9-22(32-21)24(31)26-14-12-25(13-15-26)18(2)29/h4-5,8-9,11,19H,3,6-7,10,12-17H2,1-2H3. The lowest BCUT2D eigenvalue weighted by atomic mass is 10.2. The van der Waals surface area contributed by atoms with Crippen LogP contribution >= 0.6 is 0 Å². The maximum atomic E-state index is 12.8. The quantitative estimate of drug-likeness (QED) is 0.632. The average molecular weight is 441 g/mol. The highest BCUT2D eigenvalue weighted by molar-refractivity contribution is 5.91. The highest BCUT2D eigenvalue weighted by atomic mass is 16.4. The largest absolute Gasteiger partial charge is 0.454 e. The van der Waals surface area contributed by atoms with Crippen LogP contribution in [-0.4, -0.2) is 69.7 Å². The summed E-state index contributed by atoms with van der Waals surface area (Å²) >= 11 is 0. The zero-order chi connectivity index (χ0) is 22.7. The number of furan rings is 1. The average Bonchev–Trinajstić information content (AvgIpc) is 3.39. The van der Waals surface area contributed by atoms with E-state index in [1.54, 1.807) is 22.8 Å². The van der Waals surface area contributed by atoms with E-state index in [1.165, 1.54) is 0 Å². The number of carbonyl (C=O) groups excluding carboxylic acids is 3. The Bertz CT molecular complexity index is 966. The van der Waals surface area contributed by atoms with Gasteiger partial charge in [-0.2, -0.15) is 0 Å². The predicted molar refractivity (Wildman–Crippen MR) is 119 cm³/mol. The molecule has 1 aliphatic carbocycles. The van der Waals surface area contributed by atoms with E-state index in [9.17, 15) is 14.4 Å². The minimum Gasteiger partial charge on any atom is -0.454 e. The molecule has 0 radical (unpaired) electrons. The van der Waals surface area contributed by atoms with Gasteiger partial charge < -0.3 is 23.7 Å². The van der Waals surface area contributed by atoms with Crippen LogP contribution in [0.3, 0.4) is 0 Å². The van der Waals surface area contributed by atoms with Gasteiger partial charge in [-0.25, -0.2) is 0 Å². The molecule has 8 nitrogen and oxygen atoms in total. The number of hydrogen-bond acceptors (Lipinski definition) is 4. The van der Waals surface area contributed by atoms with Crippen LogP contribution in [0, 0.1) is 5.92 Å². The molecule has 32 heavy (non-hydrogen) atoms. The summed E-state index contributed by atoms with van der Waals surface area (Å²) in [6.07, 6.45) is 4.93. The molecule has 4 rings (SSSR count). The molecular weight excluding hydrogens is 408 g/mol. The van der Waals surface area contributed by atoms with Gasteiger partial charge in [0, 0.05) is 57.5 Å². The lowest BCUT2D eigenvalue weighted by molar-refractivity contribution is -0.133. The van der Waals surface area contributed by atoms with E-state index in [1.807, 2.05) is 29.3 Å². The van der Waals surface area contributed by atoms with E-state index in [2.05, 4.69) is 11.5 Å². The molecule has 0 unspecified atom stereocenters. The summed E-state index contributed by atoms with van der Waals surface area (Å²) in [6.45, 7) is 7.62. The summed E-state index contributed by atoms with van der Waals surface area (Å²) in [7, 11) is 0. The Hall–Kier alpha value is -3.03. The van der Waals surface area contributed by atoms with Gasteiger partial charge >= 0.3 is 0 Å². The topological polar surface area (TPSA) is 79.0 Å². The molecular formula is C24H32N4O4. The van der Waals surface area contributed by atoms with Crippen LogP contribution in [0.2, 0.25) is 0 Å². The molecule has 2 aliphatic rings. The first-order chi connectivity index (χ1) is 15.5. The smallest absolute Gasteiger partial charge is 0.289 e. The van der Waals surface area contributed by atoms with Crippen molar-refractivity contribution in [2.45, 2.75) is 46.2 Å². The van der Waals surface area contributed by atoms with Crippen LogP contribution in [-0.2, 0) is 22.7 Å². The maximum Gasteiger partial charge on any atom is 0.289 e. The van der Waals surface area contributed by atoms with Gasteiger partial charge in [-0.1, -0.05) is 6.92 Å². The van der Waals surface area contributed by atoms with E-state index < -0.39 is 0 Å². The molecule has 0 aromatic carbocycles. The number of nitrogens with zero attached hydrogens (tertiary/aromatic N) is 4. The number of piperazine rings is 1. The lowest BCUT2D eigenvalue weighted by Gasteiger charge is -2.33. The van der Waals surface area contributed by atoms with Gasteiger partial charge in [-0.15, -0.1) is 0 Å². The first-order valence-electron chi connectivity index (χ1n) is 11.5. The van der Waals surface area contributed by atoms with Gasteiger partial charge in [-0.3, -0.25) is 14.4 Å². The van der Waals surface area contributed by atoms with Gasteiger partial charge in [0.2, 0.25) is 11.8 Å². The second kappa shape index (κ2) is 9.63. The summed E-state index contributed by atoms with van der Waals surface area (Å²) in [5.41, 5.74) is 1.05. The predicted octanol–water partition coefficient (Wildman–Crippen LogP) is 2.58. The number of aromatic nitrogens is 1. The van der Waals surface area contributed by atoms with Crippen molar-refractivity contribution in [1.82, 2.24) is 19.3 Å². The van der Waals surface area contributed by atoms with Crippen molar-refractivity contribution in [1.29, 1.82) is 0 Å². The van der Waals surface area contributed by atoms with Crippen LogP contribution in [0.15, 0.2) is 34.9 Å². The zero-order valence-electron chi connectivity index (χ0n) is 19.0. The van der Waals surface area contributed by atoms with E-state index >= 15 is 0 Å².